The Hall–Kier alpha value is -3.14. The maximum atomic E-state index is 13.3. The zero-order valence-corrected chi connectivity index (χ0v) is 14.1. The van der Waals surface area contributed by atoms with Crippen molar-refractivity contribution in [3.8, 4) is 0 Å². The first-order valence-corrected chi connectivity index (χ1v) is 8.83. The van der Waals surface area contributed by atoms with Crippen molar-refractivity contribution in [1.82, 2.24) is 9.55 Å². The van der Waals surface area contributed by atoms with Crippen LogP contribution in [0.5, 0.6) is 0 Å². The van der Waals surface area contributed by atoms with Crippen LogP contribution in [0.15, 0.2) is 78.9 Å². The second-order valence-corrected chi connectivity index (χ2v) is 6.70. The normalized spacial score (nSPS) is 19.1. The molecular weight excluding hydrogens is 325 g/mol. The van der Waals surface area contributed by atoms with Gasteiger partial charge in [0.25, 0.3) is 0 Å². The Labute approximate surface area is 151 Å². The average Bonchev–Trinajstić information content (AvgIpc) is 3.07. The highest BCUT2D eigenvalue weighted by Crippen LogP contribution is 2.40. The van der Waals surface area contributed by atoms with Crippen LogP contribution >= 0.6 is 0 Å². The maximum absolute atomic E-state index is 13.3. The quantitative estimate of drug-likeness (QED) is 0.534. The highest BCUT2D eigenvalue weighted by molar-refractivity contribution is 5.79. The fourth-order valence-electron chi connectivity index (χ4n) is 3.88. The van der Waals surface area contributed by atoms with Crippen LogP contribution in [-0.2, 0) is 0 Å². The van der Waals surface area contributed by atoms with Crippen LogP contribution < -0.4 is 5.32 Å². The summed E-state index contributed by atoms with van der Waals surface area (Å²) in [5.41, 5.74) is 4.44. The molecule has 3 aromatic carbocycles. The molecule has 2 unspecified atom stereocenters. The topological polar surface area (TPSA) is 29.9 Å². The summed E-state index contributed by atoms with van der Waals surface area (Å²) < 4.78 is 15.6. The van der Waals surface area contributed by atoms with E-state index in [-0.39, 0.29) is 17.9 Å². The maximum Gasteiger partial charge on any atom is 0.204 e. The highest BCUT2D eigenvalue weighted by Gasteiger charge is 2.30. The van der Waals surface area contributed by atoms with Crippen LogP contribution in [0, 0.1) is 5.82 Å². The summed E-state index contributed by atoms with van der Waals surface area (Å²) in [5, 5.41) is 3.55. The number of halogens is 1. The van der Waals surface area contributed by atoms with Gasteiger partial charge in [0.05, 0.1) is 23.1 Å². The average molecular weight is 343 g/mol. The van der Waals surface area contributed by atoms with Gasteiger partial charge >= 0.3 is 0 Å². The molecule has 0 bridgehead atoms. The molecule has 4 heteroatoms. The van der Waals surface area contributed by atoms with Gasteiger partial charge in [0, 0.05) is 0 Å². The molecule has 0 amide bonds. The summed E-state index contributed by atoms with van der Waals surface area (Å²) in [6.07, 6.45) is 0.878. The molecule has 0 spiro atoms. The lowest BCUT2D eigenvalue weighted by atomic mass is 9.93. The fourth-order valence-corrected chi connectivity index (χ4v) is 3.88. The number of anilines is 1. The van der Waals surface area contributed by atoms with Crippen molar-refractivity contribution >= 4 is 17.0 Å². The molecule has 5 rings (SSSR count). The van der Waals surface area contributed by atoms with Crippen molar-refractivity contribution < 1.29 is 4.39 Å². The molecule has 1 aromatic heterocycles. The molecule has 0 fully saturated rings. The first-order chi connectivity index (χ1) is 12.8. The van der Waals surface area contributed by atoms with Crippen molar-refractivity contribution in [2.75, 3.05) is 5.32 Å². The van der Waals surface area contributed by atoms with Crippen LogP contribution in [-0.4, -0.2) is 9.55 Å². The summed E-state index contributed by atoms with van der Waals surface area (Å²) in [5.74, 6) is 0.650. The molecule has 4 aromatic rings. The monoisotopic (exact) mass is 343 g/mol. The Morgan fingerprint density at radius 2 is 1.58 bits per heavy atom. The van der Waals surface area contributed by atoms with Crippen LogP contribution in [0.1, 0.15) is 29.6 Å². The lowest BCUT2D eigenvalue weighted by Gasteiger charge is -2.33. The minimum absolute atomic E-state index is 0.0881. The SMILES string of the molecule is Fc1ccc(C2CC(c3ccccc3)n3c(nc4ccccc43)N2)cc1. The molecule has 0 saturated heterocycles. The van der Waals surface area contributed by atoms with Crippen molar-refractivity contribution in [2.45, 2.75) is 18.5 Å². The van der Waals surface area contributed by atoms with Gasteiger partial charge in [-0.05, 0) is 41.8 Å². The minimum Gasteiger partial charge on any atom is -0.349 e. The van der Waals surface area contributed by atoms with Crippen molar-refractivity contribution in [1.29, 1.82) is 0 Å². The van der Waals surface area contributed by atoms with E-state index < -0.39 is 0 Å². The molecule has 1 aliphatic rings. The van der Waals surface area contributed by atoms with Crippen LogP contribution in [0.25, 0.3) is 11.0 Å². The van der Waals surface area contributed by atoms with Crippen LogP contribution in [0.3, 0.4) is 0 Å². The zero-order valence-electron chi connectivity index (χ0n) is 14.1. The van der Waals surface area contributed by atoms with Gasteiger partial charge in [0.1, 0.15) is 5.82 Å². The summed E-state index contributed by atoms with van der Waals surface area (Å²) >= 11 is 0. The van der Waals surface area contributed by atoms with Crippen LogP contribution in [0.4, 0.5) is 10.3 Å². The van der Waals surface area contributed by atoms with E-state index in [2.05, 4.69) is 40.2 Å². The Morgan fingerprint density at radius 3 is 2.38 bits per heavy atom. The van der Waals surface area contributed by atoms with Crippen molar-refractivity contribution in [3.05, 3.63) is 95.8 Å². The molecule has 3 nitrogen and oxygen atoms in total. The van der Waals surface area contributed by atoms with E-state index in [1.165, 1.54) is 17.7 Å². The number of benzene rings is 3. The number of hydrogen-bond acceptors (Lipinski definition) is 2. The van der Waals surface area contributed by atoms with Gasteiger partial charge in [-0.25, -0.2) is 9.37 Å². The first kappa shape index (κ1) is 15.1. The molecule has 2 heterocycles. The highest BCUT2D eigenvalue weighted by atomic mass is 19.1. The standard InChI is InChI=1S/C22H18FN3/c23-17-12-10-15(11-13-17)19-14-21(16-6-2-1-3-7-16)26-20-9-5-4-8-18(20)24-22(26)25-19/h1-13,19,21H,14H2,(H,24,25). The fraction of sp³-hybridized carbons (Fsp3) is 0.136. The number of aromatic nitrogens is 2. The van der Waals surface area contributed by atoms with Gasteiger partial charge < -0.3 is 9.88 Å². The predicted octanol–water partition coefficient (Wildman–Crippen LogP) is 5.32. The molecule has 0 saturated carbocycles. The number of imidazole rings is 1. The Morgan fingerprint density at radius 1 is 0.846 bits per heavy atom. The zero-order chi connectivity index (χ0) is 17.5. The smallest absolute Gasteiger partial charge is 0.204 e. The number of nitrogens with one attached hydrogen (secondary N) is 1. The Balaban J connectivity index is 1.66. The summed E-state index contributed by atoms with van der Waals surface area (Å²) in [7, 11) is 0. The van der Waals surface area contributed by atoms with Gasteiger partial charge in [-0.2, -0.15) is 0 Å². The molecule has 128 valence electrons. The molecule has 0 radical (unpaired) electrons. The third-order valence-corrected chi connectivity index (χ3v) is 5.13. The Bertz CT molecular complexity index is 1050. The lowest BCUT2D eigenvalue weighted by Crippen LogP contribution is -2.27. The summed E-state index contributed by atoms with van der Waals surface area (Å²) in [6.45, 7) is 0. The third-order valence-electron chi connectivity index (χ3n) is 5.13. The van der Waals surface area contributed by atoms with Gasteiger partial charge in [0.15, 0.2) is 0 Å². The lowest BCUT2D eigenvalue weighted by molar-refractivity contribution is 0.477. The second kappa shape index (κ2) is 5.99. The van der Waals surface area contributed by atoms with Crippen molar-refractivity contribution in [2.24, 2.45) is 0 Å². The van der Waals surface area contributed by atoms with E-state index >= 15 is 0 Å². The number of para-hydroxylation sites is 2. The molecule has 26 heavy (non-hydrogen) atoms. The molecule has 0 aliphatic carbocycles. The molecule has 1 aliphatic heterocycles. The van der Waals surface area contributed by atoms with Gasteiger partial charge in [-0.15, -0.1) is 0 Å². The first-order valence-electron chi connectivity index (χ1n) is 8.83. The number of nitrogens with zero attached hydrogens (tertiary/aromatic N) is 2. The van der Waals surface area contributed by atoms with Gasteiger partial charge in [-0.1, -0.05) is 54.6 Å². The Kier molecular flexibility index (Phi) is 3.49. The summed E-state index contributed by atoms with van der Waals surface area (Å²) in [6, 6.07) is 25.7. The van der Waals surface area contributed by atoms with E-state index in [1.807, 2.05) is 36.4 Å². The van der Waals surface area contributed by atoms with Gasteiger partial charge in [0.2, 0.25) is 5.95 Å². The number of rotatable bonds is 2. The summed E-state index contributed by atoms with van der Waals surface area (Å²) in [4.78, 5) is 4.80. The molecular formula is C22H18FN3. The number of hydrogen-bond donors (Lipinski definition) is 1. The number of fused-ring (bicyclic) bond motifs is 3. The second-order valence-electron chi connectivity index (χ2n) is 6.70. The van der Waals surface area contributed by atoms with Crippen LogP contribution in [0.2, 0.25) is 0 Å². The van der Waals surface area contributed by atoms with E-state index in [0.717, 1.165) is 29.0 Å². The predicted molar refractivity (Wildman–Crippen MR) is 102 cm³/mol. The van der Waals surface area contributed by atoms with E-state index in [9.17, 15) is 4.39 Å². The van der Waals surface area contributed by atoms with E-state index in [0.29, 0.717) is 0 Å². The molecule has 1 N–H and O–H groups in total. The van der Waals surface area contributed by atoms with E-state index in [1.54, 1.807) is 0 Å². The minimum atomic E-state index is -0.212. The third kappa shape index (κ3) is 2.46. The van der Waals surface area contributed by atoms with Gasteiger partial charge in [-0.3, -0.25) is 0 Å². The van der Waals surface area contributed by atoms with Crippen molar-refractivity contribution in [3.63, 3.8) is 0 Å². The molecule has 2 atom stereocenters. The van der Waals surface area contributed by atoms with E-state index in [4.69, 9.17) is 4.98 Å². The largest absolute Gasteiger partial charge is 0.349 e.